The van der Waals surface area contributed by atoms with Crippen molar-refractivity contribution in [2.45, 2.75) is 19.3 Å². The highest BCUT2D eigenvalue weighted by Crippen LogP contribution is 2.10. The molecule has 1 N–H and O–H groups in total. The van der Waals surface area contributed by atoms with Crippen LogP contribution in [0.4, 0.5) is 0 Å². The second kappa shape index (κ2) is 6.61. The molecule has 16 heavy (non-hydrogen) atoms. The lowest BCUT2D eigenvalue weighted by atomic mass is 10.0. The van der Waals surface area contributed by atoms with Gasteiger partial charge >= 0.3 is 0 Å². The minimum atomic E-state index is 0.711. The van der Waals surface area contributed by atoms with E-state index in [4.69, 9.17) is 4.74 Å². The van der Waals surface area contributed by atoms with Gasteiger partial charge in [-0.15, -0.1) is 0 Å². The van der Waals surface area contributed by atoms with Crippen LogP contribution in [-0.2, 0) is 11.2 Å². The lowest BCUT2D eigenvalue weighted by molar-refractivity contribution is 0.0921. The maximum atomic E-state index is 5.71. The monoisotopic (exact) mass is 220 g/mol. The van der Waals surface area contributed by atoms with E-state index in [2.05, 4.69) is 16.4 Å². The van der Waals surface area contributed by atoms with Crippen LogP contribution < -0.4 is 5.32 Å². The lowest BCUT2D eigenvalue weighted by Gasteiger charge is -2.22. The van der Waals surface area contributed by atoms with E-state index < -0.39 is 0 Å². The van der Waals surface area contributed by atoms with Crippen LogP contribution in [-0.4, -0.2) is 31.3 Å². The number of ether oxygens (including phenoxy) is 1. The van der Waals surface area contributed by atoms with E-state index in [9.17, 15) is 0 Å². The molecule has 0 saturated carbocycles. The molecule has 1 saturated heterocycles. The molecular weight excluding hydrogens is 200 g/mol. The van der Waals surface area contributed by atoms with Crippen LogP contribution in [0.25, 0.3) is 0 Å². The Kier molecular flexibility index (Phi) is 4.77. The highest BCUT2D eigenvalue weighted by molar-refractivity contribution is 5.08. The number of aromatic nitrogens is 1. The molecule has 2 rings (SSSR count). The van der Waals surface area contributed by atoms with E-state index in [0.29, 0.717) is 5.92 Å². The van der Waals surface area contributed by atoms with Crippen LogP contribution >= 0.6 is 0 Å². The van der Waals surface area contributed by atoms with Crippen LogP contribution in [0, 0.1) is 5.92 Å². The smallest absolute Gasteiger partial charge is 0.0507 e. The average molecular weight is 220 g/mol. The third-order valence-corrected chi connectivity index (χ3v) is 3.01. The zero-order valence-electron chi connectivity index (χ0n) is 9.69. The first-order valence-electron chi connectivity index (χ1n) is 6.12. The van der Waals surface area contributed by atoms with Gasteiger partial charge in [-0.25, -0.2) is 0 Å². The molecule has 0 aromatic carbocycles. The molecule has 3 heteroatoms. The first-order chi connectivity index (χ1) is 7.95. The van der Waals surface area contributed by atoms with Gasteiger partial charge in [0.05, 0.1) is 13.2 Å². The second-order valence-corrected chi connectivity index (χ2v) is 4.40. The third-order valence-electron chi connectivity index (χ3n) is 3.01. The zero-order chi connectivity index (χ0) is 11.1. The van der Waals surface area contributed by atoms with Crippen LogP contribution in [0.2, 0.25) is 0 Å². The topological polar surface area (TPSA) is 34.1 Å². The Bertz CT molecular complexity index is 283. The van der Waals surface area contributed by atoms with Crippen molar-refractivity contribution < 1.29 is 4.74 Å². The Morgan fingerprint density at radius 3 is 3.25 bits per heavy atom. The number of hydrogen-bond donors (Lipinski definition) is 1. The maximum absolute atomic E-state index is 5.71. The predicted octanol–water partition coefficient (Wildman–Crippen LogP) is 1.64. The summed E-state index contributed by atoms with van der Waals surface area (Å²) >= 11 is 0. The molecule has 1 aromatic rings. The molecule has 1 aliphatic rings. The molecule has 1 fully saturated rings. The summed E-state index contributed by atoms with van der Waals surface area (Å²) in [6.07, 6.45) is 7.27. The van der Waals surface area contributed by atoms with Crippen LogP contribution in [0.15, 0.2) is 24.5 Å². The van der Waals surface area contributed by atoms with Gasteiger partial charge < -0.3 is 10.1 Å². The Morgan fingerprint density at radius 2 is 2.50 bits per heavy atom. The highest BCUT2D eigenvalue weighted by atomic mass is 16.5. The van der Waals surface area contributed by atoms with Gasteiger partial charge in [0.25, 0.3) is 0 Å². The SMILES string of the molecule is c1cncc(CCOCC2CCCNC2)c1. The minimum Gasteiger partial charge on any atom is -0.381 e. The van der Waals surface area contributed by atoms with E-state index in [0.717, 1.165) is 26.2 Å². The first-order valence-corrected chi connectivity index (χ1v) is 6.12. The van der Waals surface area contributed by atoms with Crippen LogP contribution in [0.3, 0.4) is 0 Å². The number of nitrogens with one attached hydrogen (secondary N) is 1. The van der Waals surface area contributed by atoms with Gasteiger partial charge in [0.2, 0.25) is 0 Å². The van der Waals surface area contributed by atoms with Crippen LogP contribution in [0.5, 0.6) is 0 Å². The van der Waals surface area contributed by atoms with Crippen molar-refractivity contribution in [3.63, 3.8) is 0 Å². The summed E-state index contributed by atoms with van der Waals surface area (Å²) < 4.78 is 5.71. The van der Waals surface area contributed by atoms with Gasteiger partial charge in [0, 0.05) is 18.9 Å². The van der Waals surface area contributed by atoms with Crippen LogP contribution in [0.1, 0.15) is 18.4 Å². The van der Waals surface area contributed by atoms with Gasteiger partial charge in [-0.05, 0) is 43.4 Å². The van der Waals surface area contributed by atoms with E-state index >= 15 is 0 Å². The summed E-state index contributed by atoms with van der Waals surface area (Å²) in [5.74, 6) is 0.711. The molecule has 0 aliphatic carbocycles. The zero-order valence-corrected chi connectivity index (χ0v) is 9.69. The molecule has 0 bridgehead atoms. The predicted molar refractivity (Wildman–Crippen MR) is 64.4 cm³/mol. The number of hydrogen-bond acceptors (Lipinski definition) is 3. The van der Waals surface area contributed by atoms with Gasteiger partial charge in [-0.2, -0.15) is 0 Å². The molecule has 2 heterocycles. The fourth-order valence-corrected chi connectivity index (χ4v) is 2.05. The Morgan fingerprint density at radius 1 is 1.50 bits per heavy atom. The fraction of sp³-hybridized carbons (Fsp3) is 0.615. The van der Waals surface area contributed by atoms with Crippen molar-refractivity contribution in [3.8, 4) is 0 Å². The van der Waals surface area contributed by atoms with E-state index in [1.807, 2.05) is 12.3 Å². The van der Waals surface area contributed by atoms with Crippen molar-refractivity contribution >= 4 is 0 Å². The second-order valence-electron chi connectivity index (χ2n) is 4.40. The van der Waals surface area contributed by atoms with Crippen molar-refractivity contribution in [1.29, 1.82) is 0 Å². The fourth-order valence-electron chi connectivity index (χ4n) is 2.05. The summed E-state index contributed by atoms with van der Waals surface area (Å²) in [7, 11) is 0. The molecule has 3 nitrogen and oxygen atoms in total. The molecule has 1 aliphatic heterocycles. The highest BCUT2D eigenvalue weighted by Gasteiger charge is 2.12. The lowest BCUT2D eigenvalue weighted by Crippen LogP contribution is -2.32. The standard InChI is InChI=1S/C13H20N2O/c1-3-12(9-14-6-1)5-8-16-11-13-4-2-7-15-10-13/h1,3,6,9,13,15H,2,4-5,7-8,10-11H2. The summed E-state index contributed by atoms with van der Waals surface area (Å²) in [6.45, 7) is 3.99. The van der Waals surface area contributed by atoms with Crippen molar-refractivity contribution in [1.82, 2.24) is 10.3 Å². The number of piperidine rings is 1. The van der Waals surface area contributed by atoms with E-state index in [1.165, 1.54) is 24.9 Å². The summed E-state index contributed by atoms with van der Waals surface area (Å²) in [5, 5.41) is 3.40. The number of rotatable bonds is 5. The largest absolute Gasteiger partial charge is 0.381 e. The molecule has 1 unspecified atom stereocenters. The Balaban J connectivity index is 1.58. The number of nitrogens with zero attached hydrogens (tertiary/aromatic N) is 1. The van der Waals surface area contributed by atoms with E-state index in [1.54, 1.807) is 6.20 Å². The van der Waals surface area contributed by atoms with Gasteiger partial charge in [-0.1, -0.05) is 6.07 Å². The third kappa shape index (κ3) is 3.91. The maximum Gasteiger partial charge on any atom is 0.0507 e. The molecule has 1 atom stereocenters. The normalized spacial score (nSPS) is 20.9. The first kappa shape index (κ1) is 11.6. The summed E-state index contributed by atoms with van der Waals surface area (Å²) in [5.41, 5.74) is 1.25. The molecule has 0 spiro atoms. The molecule has 88 valence electrons. The summed E-state index contributed by atoms with van der Waals surface area (Å²) in [6, 6.07) is 4.07. The van der Waals surface area contributed by atoms with Crippen molar-refractivity contribution in [3.05, 3.63) is 30.1 Å². The van der Waals surface area contributed by atoms with Gasteiger partial charge in [0.1, 0.15) is 0 Å². The number of pyridine rings is 1. The Hall–Kier alpha value is -0.930. The Labute approximate surface area is 97.2 Å². The molecule has 0 radical (unpaired) electrons. The molecule has 0 amide bonds. The molecule has 1 aromatic heterocycles. The van der Waals surface area contributed by atoms with Gasteiger partial charge in [-0.3, -0.25) is 4.98 Å². The molecular formula is C13H20N2O. The minimum absolute atomic E-state index is 0.711. The average Bonchev–Trinajstić information content (AvgIpc) is 2.37. The van der Waals surface area contributed by atoms with Crippen molar-refractivity contribution in [2.24, 2.45) is 5.92 Å². The van der Waals surface area contributed by atoms with Crippen molar-refractivity contribution in [2.75, 3.05) is 26.3 Å². The summed E-state index contributed by atoms with van der Waals surface area (Å²) in [4.78, 5) is 4.09. The quantitative estimate of drug-likeness (QED) is 0.766. The van der Waals surface area contributed by atoms with E-state index in [-0.39, 0.29) is 0 Å². The van der Waals surface area contributed by atoms with Gasteiger partial charge in [0.15, 0.2) is 0 Å².